The zero-order valence-corrected chi connectivity index (χ0v) is 13.7. The Labute approximate surface area is 138 Å². The number of carboxylic acid groups (broad SMARTS) is 1. The minimum absolute atomic E-state index is 0.0907. The van der Waals surface area contributed by atoms with E-state index in [4.69, 9.17) is 0 Å². The number of carbonyl (C=O) groups is 3. The molecule has 0 aromatic carbocycles. The molecule has 0 unspecified atom stereocenters. The van der Waals surface area contributed by atoms with Gasteiger partial charge in [-0.2, -0.15) is 0 Å². The number of hydrogen-bond acceptors (Lipinski definition) is 4. The second-order valence-electron chi connectivity index (χ2n) is 6.32. The van der Waals surface area contributed by atoms with E-state index >= 15 is 0 Å². The molecular formula is C16H20N2O4S. The molecular weight excluding hydrogens is 316 g/mol. The highest BCUT2D eigenvalue weighted by molar-refractivity contribution is 7.10. The SMILES string of the molecule is CCc1cc(C(=O)NNC(=O)[C@H]2[C@H]3CC[C@@H](C3)[C@H]2C(=O)O)cs1. The number of carbonyl (C=O) groups excluding carboxylic acids is 2. The Kier molecular flexibility index (Phi) is 4.39. The van der Waals surface area contributed by atoms with Crippen molar-refractivity contribution in [2.24, 2.45) is 23.7 Å². The quantitative estimate of drug-likeness (QED) is 0.731. The number of fused-ring (bicyclic) bond motifs is 2. The van der Waals surface area contributed by atoms with Gasteiger partial charge in [-0.15, -0.1) is 11.3 Å². The molecule has 2 fully saturated rings. The Balaban J connectivity index is 1.60. The van der Waals surface area contributed by atoms with Gasteiger partial charge in [0.05, 0.1) is 17.4 Å². The predicted octanol–water partition coefficient (Wildman–Crippen LogP) is 1.82. The van der Waals surface area contributed by atoms with Gasteiger partial charge in [0.25, 0.3) is 5.91 Å². The lowest BCUT2D eigenvalue weighted by Crippen LogP contribution is -2.48. The molecule has 3 N–H and O–H groups in total. The number of carboxylic acids is 1. The summed E-state index contributed by atoms with van der Waals surface area (Å²) < 4.78 is 0. The van der Waals surface area contributed by atoms with Crippen LogP contribution in [-0.2, 0) is 16.0 Å². The van der Waals surface area contributed by atoms with Gasteiger partial charge in [0.15, 0.2) is 0 Å². The molecule has 7 heteroatoms. The number of hydrazine groups is 1. The van der Waals surface area contributed by atoms with E-state index in [1.165, 1.54) is 11.3 Å². The Morgan fingerprint density at radius 1 is 1.22 bits per heavy atom. The molecule has 0 aliphatic heterocycles. The van der Waals surface area contributed by atoms with Gasteiger partial charge in [0.2, 0.25) is 5.91 Å². The van der Waals surface area contributed by atoms with Crippen LogP contribution in [0.3, 0.4) is 0 Å². The lowest BCUT2D eigenvalue weighted by atomic mass is 9.79. The monoisotopic (exact) mass is 336 g/mol. The normalized spacial score (nSPS) is 28.6. The van der Waals surface area contributed by atoms with Gasteiger partial charge in [-0.05, 0) is 43.6 Å². The maximum atomic E-state index is 12.4. The summed E-state index contributed by atoms with van der Waals surface area (Å²) >= 11 is 1.50. The summed E-state index contributed by atoms with van der Waals surface area (Å²) in [6.45, 7) is 2.01. The third kappa shape index (κ3) is 2.97. The first-order valence-electron chi connectivity index (χ1n) is 7.91. The first-order valence-corrected chi connectivity index (χ1v) is 8.79. The maximum Gasteiger partial charge on any atom is 0.307 e. The molecule has 124 valence electrons. The third-order valence-electron chi connectivity index (χ3n) is 5.07. The van der Waals surface area contributed by atoms with Crippen LogP contribution in [0.2, 0.25) is 0 Å². The highest BCUT2D eigenvalue weighted by Crippen LogP contribution is 2.52. The number of rotatable bonds is 4. The fraction of sp³-hybridized carbons (Fsp3) is 0.562. The van der Waals surface area contributed by atoms with Gasteiger partial charge in [-0.3, -0.25) is 25.2 Å². The molecule has 3 rings (SSSR count). The van der Waals surface area contributed by atoms with Crippen molar-refractivity contribution in [2.45, 2.75) is 32.6 Å². The summed E-state index contributed by atoms with van der Waals surface area (Å²) in [5.74, 6) is -2.63. The van der Waals surface area contributed by atoms with Crippen molar-refractivity contribution in [2.75, 3.05) is 0 Å². The highest BCUT2D eigenvalue weighted by atomic mass is 32.1. The van der Waals surface area contributed by atoms with Crippen LogP contribution in [0.25, 0.3) is 0 Å². The minimum Gasteiger partial charge on any atom is -0.481 e. The summed E-state index contributed by atoms with van der Waals surface area (Å²) in [6, 6.07) is 1.80. The standard InChI is InChI=1S/C16H20N2O4S/c1-2-11-6-10(7-23-11)14(19)17-18-15(20)12-8-3-4-9(5-8)13(12)16(21)22/h6-9,12-13H,2-5H2,1H3,(H,17,19)(H,18,20)(H,21,22)/t8-,9-,12-,13+/m0/s1. The van der Waals surface area contributed by atoms with E-state index in [9.17, 15) is 19.5 Å². The van der Waals surface area contributed by atoms with E-state index in [0.717, 1.165) is 30.6 Å². The number of amides is 2. The van der Waals surface area contributed by atoms with Crippen LogP contribution in [0.1, 0.15) is 41.4 Å². The zero-order chi connectivity index (χ0) is 16.6. The van der Waals surface area contributed by atoms with Gasteiger partial charge >= 0.3 is 5.97 Å². The van der Waals surface area contributed by atoms with Gasteiger partial charge < -0.3 is 5.11 Å². The van der Waals surface area contributed by atoms with E-state index in [0.29, 0.717) is 5.56 Å². The Hall–Kier alpha value is -1.89. The van der Waals surface area contributed by atoms with Crippen molar-refractivity contribution >= 4 is 29.1 Å². The van der Waals surface area contributed by atoms with E-state index in [1.807, 2.05) is 6.92 Å². The Morgan fingerprint density at radius 3 is 2.52 bits per heavy atom. The fourth-order valence-electron chi connectivity index (χ4n) is 3.98. The third-order valence-corrected chi connectivity index (χ3v) is 6.15. The zero-order valence-electron chi connectivity index (χ0n) is 12.9. The summed E-state index contributed by atoms with van der Waals surface area (Å²) in [5.41, 5.74) is 5.34. The molecule has 2 aliphatic carbocycles. The van der Waals surface area contributed by atoms with Crippen molar-refractivity contribution in [1.29, 1.82) is 0 Å². The molecule has 1 heterocycles. The number of aryl methyl sites for hydroxylation is 1. The predicted molar refractivity (Wildman–Crippen MR) is 84.8 cm³/mol. The van der Waals surface area contributed by atoms with Crippen LogP contribution < -0.4 is 10.9 Å². The lowest BCUT2D eigenvalue weighted by molar-refractivity contribution is -0.149. The number of hydrogen-bond donors (Lipinski definition) is 3. The molecule has 0 saturated heterocycles. The van der Waals surface area contributed by atoms with E-state index < -0.39 is 17.8 Å². The van der Waals surface area contributed by atoms with Crippen molar-refractivity contribution in [1.82, 2.24) is 10.9 Å². The first kappa shape index (κ1) is 16.0. The van der Waals surface area contributed by atoms with Crippen molar-refractivity contribution in [3.05, 3.63) is 21.9 Å². The largest absolute Gasteiger partial charge is 0.481 e. The van der Waals surface area contributed by atoms with Gasteiger partial charge in [-0.25, -0.2) is 0 Å². The molecule has 2 amide bonds. The number of nitrogens with one attached hydrogen (secondary N) is 2. The summed E-state index contributed by atoms with van der Waals surface area (Å²) in [6.07, 6.45) is 3.43. The molecule has 23 heavy (non-hydrogen) atoms. The number of thiophene rings is 1. The average Bonchev–Trinajstić information content (AvgIpc) is 3.25. The van der Waals surface area contributed by atoms with Crippen LogP contribution in [0.4, 0.5) is 0 Å². The van der Waals surface area contributed by atoms with Crippen LogP contribution in [0, 0.1) is 23.7 Å². The average molecular weight is 336 g/mol. The van der Waals surface area contributed by atoms with Gasteiger partial charge in [0, 0.05) is 10.3 Å². The molecule has 2 bridgehead atoms. The van der Waals surface area contributed by atoms with Crippen molar-refractivity contribution in [3.8, 4) is 0 Å². The molecule has 1 aromatic heterocycles. The van der Waals surface area contributed by atoms with Crippen LogP contribution in [-0.4, -0.2) is 22.9 Å². The van der Waals surface area contributed by atoms with E-state index in [-0.39, 0.29) is 23.7 Å². The van der Waals surface area contributed by atoms with Crippen LogP contribution >= 0.6 is 11.3 Å². The molecule has 6 nitrogen and oxygen atoms in total. The smallest absolute Gasteiger partial charge is 0.307 e. The minimum atomic E-state index is -0.908. The summed E-state index contributed by atoms with van der Waals surface area (Å²) in [4.78, 5) is 36.9. The first-order chi connectivity index (χ1) is 11.0. The van der Waals surface area contributed by atoms with Gasteiger partial charge in [-0.1, -0.05) is 6.92 Å². The second-order valence-corrected chi connectivity index (χ2v) is 7.32. The van der Waals surface area contributed by atoms with Crippen LogP contribution in [0.15, 0.2) is 11.4 Å². The topological polar surface area (TPSA) is 95.5 Å². The molecule has 2 aliphatic rings. The summed E-state index contributed by atoms with van der Waals surface area (Å²) in [7, 11) is 0. The molecule has 1 aromatic rings. The van der Waals surface area contributed by atoms with E-state index in [2.05, 4.69) is 10.9 Å². The molecule has 0 spiro atoms. The van der Waals surface area contributed by atoms with Crippen molar-refractivity contribution in [3.63, 3.8) is 0 Å². The molecule has 0 radical (unpaired) electrons. The Bertz CT molecular complexity index is 642. The van der Waals surface area contributed by atoms with Crippen molar-refractivity contribution < 1.29 is 19.5 Å². The van der Waals surface area contributed by atoms with E-state index in [1.54, 1.807) is 11.4 Å². The Morgan fingerprint density at radius 2 is 1.91 bits per heavy atom. The second kappa shape index (κ2) is 6.31. The highest BCUT2D eigenvalue weighted by Gasteiger charge is 2.54. The number of aliphatic carboxylic acids is 1. The summed E-state index contributed by atoms with van der Waals surface area (Å²) in [5, 5.41) is 11.1. The maximum absolute atomic E-state index is 12.4. The van der Waals surface area contributed by atoms with Crippen LogP contribution in [0.5, 0.6) is 0 Å². The lowest BCUT2D eigenvalue weighted by Gasteiger charge is -2.26. The van der Waals surface area contributed by atoms with Gasteiger partial charge in [0.1, 0.15) is 0 Å². The fourth-order valence-corrected chi connectivity index (χ4v) is 4.80. The molecule has 4 atom stereocenters. The molecule has 2 saturated carbocycles.